The number of nitrogens with zero attached hydrogens (tertiary/aromatic N) is 1. The fourth-order valence-electron chi connectivity index (χ4n) is 1.86. The van der Waals surface area contributed by atoms with E-state index in [-0.39, 0.29) is 18.7 Å². The molecule has 0 unspecified atom stereocenters. The van der Waals surface area contributed by atoms with Crippen molar-refractivity contribution >= 4 is 23.6 Å². The average molecular weight is 300 g/mol. The first kappa shape index (κ1) is 14.7. The number of nitrogens with one attached hydrogen (secondary N) is 1. The van der Waals surface area contributed by atoms with E-state index in [1.165, 1.54) is 6.07 Å². The van der Waals surface area contributed by atoms with Crippen LogP contribution in [-0.2, 0) is 4.79 Å². The van der Waals surface area contributed by atoms with Crippen LogP contribution in [0.25, 0.3) is 0 Å². The molecule has 1 saturated heterocycles. The second-order valence-corrected chi connectivity index (χ2v) is 4.12. The Labute approximate surface area is 117 Å². The average Bonchev–Trinajstić information content (AvgIpc) is 2.38. The molecular formula is C12H10F2N2O5. The van der Waals surface area contributed by atoms with Crippen LogP contribution in [0.15, 0.2) is 18.2 Å². The largest absolute Gasteiger partial charge is 0.478 e. The summed E-state index contributed by atoms with van der Waals surface area (Å²) in [6.07, 6.45) is 0.0590. The number of carboxylic acids is 1. The molecule has 2 rings (SSSR count). The summed E-state index contributed by atoms with van der Waals surface area (Å²) in [4.78, 5) is 34.9. The normalized spacial score (nSPS) is 15.1. The molecule has 1 aromatic rings. The SMILES string of the molecule is O=C1CCN(c2ccc(OC(F)F)c(C(=O)O)c2)C(=O)N1. The lowest BCUT2D eigenvalue weighted by Crippen LogP contribution is -2.49. The first-order valence-corrected chi connectivity index (χ1v) is 5.82. The molecule has 1 aliphatic rings. The zero-order valence-electron chi connectivity index (χ0n) is 10.5. The van der Waals surface area contributed by atoms with Gasteiger partial charge in [0.05, 0.1) is 0 Å². The highest BCUT2D eigenvalue weighted by Gasteiger charge is 2.26. The molecule has 0 bridgehead atoms. The third kappa shape index (κ3) is 3.25. The number of ether oxygens (including phenoxy) is 1. The Hall–Kier alpha value is -2.71. The smallest absolute Gasteiger partial charge is 0.387 e. The van der Waals surface area contributed by atoms with Gasteiger partial charge in [0.2, 0.25) is 5.91 Å². The van der Waals surface area contributed by atoms with Crippen molar-refractivity contribution in [1.82, 2.24) is 5.32 Å². The zero-order valence-corrected chi connectivity index (χ0v) is 10.5. The van der Waals surface area contributed by atoms with Crippen molar-refractivity contribution in [1.29, 1.82) is 0 Å². The predicted molar refractivity (Wildman–Crippen MR) is 65.5 cm³/mol. The Morgan fingerprint density at radius 2 is 2.10 bits per heavy atom. The van der Waals surface area contributed by atoms with Crippen LogP contribution in [-0.4, -0.2) is 36.2 Å². The van der Waals surface area contributed by atoms with Crippen LogP contribution >= 0.6 is 0 Å². The number of halogens is 2. The Kier molecular flexibility index (Phi) is 4.01. The highest BCUT2D eigenvalue weighted by molar-refractivity contribution is 6.06. The summed E-state index contributed by atoms with van der Waals surface area (Å²) in [5.74, 6) is -2.41. The van der Waals surface area contributed by atoms with Crippen molar-refractivity contribution in [3.8, 4) is 5.75 Å². The van der Waals surface area contributed by atoms with E-state index >= 15 is 0 Å². The van der Waals surface area contributed by atoms with Gasteiger partial charge in [-0.25, -0.2) is 9.59 Å². The van der Waals surface area contributed by atoms with E-state index in [1.807, 2.05) is 0 Å². The number of carbonyl (C=O) groups is 3. The van der Waals surface area contributed by atoms with Gasteiger partial charge in [0, 0.05) is 18.7 Å². The number of rotatable bonds is 4. The Morgan fingerprint density at radius 1 is 1.38 bits per heavy atom. The van der Waals surface area contributed by atoms with Crippen molar-refractivity contribution in [2.75, 3.05) is 11.4 Å². The Bertz CT molecular complexity index is 605. The zero-order chi connectivity index (χ0) is 15.6. The van der Waals surface area contributed by atoms with E-state index in [1.54, 1.807) is 0 Å². The molecule has 0 atom stereocenters. The van der Waals surface area contributed by atoms with E-state index in [0.29, 0.717) is 0 Å². The molecule has 2 N–H and O–H groups in total. The highest BCUT2D eigenvalue weighted by Crippen LogP contribution is 2.27. The maximum absolute atomic E-state index is 12.2. The van der Waals surface area contributed by atoms with Crippen molar-refractivity contribution in [3.63, 3.8) is 0 Å². The molecule has 7 nitrogen and oxygen atoms in total. The fraction of sp³-hybridized carbons (Fsp3) is 0.250. The highest BCUT2D eigenvalue weighted by atomic mass is 19.3. The molecule has 1 aromatic carbocycles. The second-order valence-electron chi connectivity index (χ2n) is 4.12. The van der Waals surface area contributed by atoms with Crippen LogP contribution in [0.4, 0.5) is 19.3 Å². The number of aromatic carboxylic acids is 1. The van der Waals surface area contributed by atoms with Crippen LogP contribution in [0.3, 0.4) is 0 Å². The number of imide groups is 1. The first-order valence-electron chi connectivity index (χ1n) is 5.82. The van der Waals surface area contributed by atoms with Crippen LogP contribution < -0.4 is 15.0 Å². The molecule has 0 radical (unpaired) electrons. The second kappa shape index (κ2) is 5.73. The maximum Gasteiger partial charge on any atom is 0.387 e. The molecular weight excluding hydrogens is 290 g/mol. The molecule has 1 heterocycles. The van der Waals surface area contributed by atoms with Crippen molar-refractivity contribution < 1.29 is 33.0 Å². The third-order valence-electron chi connectivity index (χ3n) is 2.78. The molecule has 0 aliphatic carbocycles. The number of alkyl halides is 2. The fourth-order valence-corrected chi connectivity index (χ4v) is 1.86. The molecule has 0 saturated carbocycles. The first-order chi connectivity index (χ1) is 9.88. The third-order valence-corrected chi connectivity index (χ3v) is 2.78. The maximum atomic E-state index is 12.2. The van der Waals surface area contributed by atoms with Crippen LogP contribution in [0, 0.1) is 0 Å². The van der Waals surface area contributed by atoms with Gasteiger partial charge in [-0.3, -0.25) is 15.0 Å². The number of anilines is 1. The standard InChI is InChI=1S/C12H10F2N2O5/c13-11(14)21-8-2-1-6(5-7(8)10(18)19)16-4-3-9(17)15-12(16)20/h1-2,5,11H,3-4H2,(H,18,19)(H,15,17,20). The molecule has 21 heavy (non-hydrogen) atoms. The number of benzene rings is 1. The van der Waals surface area contributed by atoms with Crippen molar-refractivity contribution in [3.05, 3.63) is 23.8 Å². The van der Waals surface area contributed by atoms with Crippen LogP contribution in [0.1, 0.15) is 16.8 Å². The summed E-state index contributed by atoms with van der Waals surface area (Å²) in [7, 11) is 0. The lowest BCUT2D eigenvalue weighted by Gasteiger charge is -2.27. The number of hydrogen-bond acceptors (Lipinski definition) is 4. The van der Waals surface area contributed by atoms with Gasteiger partial charge in [0.1, 0.15) is 11.3 Å². The lowest BCUT2D eigenvalue weighted by atomic mass is 10.1. The number of hydrogen-bond donors (Lipinski definition) is 2. The van der Waals surface area contributed by atoms with Gasteiger partial charge in [-0.15, -0.1) is 0 Å². The van der Waals surface area contributed by atoms with E-state index in [2.05, 4.69) is 10.1 Å². The van der Waals surface area contributed by atoms with Crippen molar-refractivity contribution in [2.24, 2.45) is 0 Å². The quantitative estimate of drug-likeness (QED) is 0.877. The minimum absolute atomic E-state index is 0.0590. The monoisotopic (exact) mass is 300 g/mol. The summed E-state index contributed by atoms with van der Waals surface area (Å²) in [5, 5.41) is 11.1. The molecule has 112 valence electrons. The van der Waals surface area contributed by atoms with E-state index < -0.39 is 35.8 Å². The summed E-state index contributed by atoms with van der Waals surface area (Å²) >= 11 is 0. The summed E-state index contributed by atoms with van der Waals surface area (Å²) in [6, 6.07) is 2.63. The van der Waals surface area contributed by atoms with Gasteiger partial charge < -0.3 is 9.84 Å². The molecule has 3 amide bonds. The van der Waals surface area contributed by atoms with Gasteiger partial charge in [-0.05, 0) is 18.2 Å². The van der Waals surface area contributed by atoms with Crippen LogP contribution in [0.5, 0.6) is 5.75 Å². The minimum atomic E-state index is -3.16. The number of urea groups is 1. The predicted octanol–water partition coefficient (Wildman–Crippen LogP) is 1.43. The van der Waals surface area contributed by atoms with Crippen molar-refractivity contribution in [2.45, 2.75) is 13.0 Å². The Morgan fingerprint density at radius 3 is 2.67 bits per heavy atom. The van der Waals surface area contributed by atoms with Gasteiger partial charge in [-0.2, -0.15) is 8.78 Å². The van der Waals surface area contributed by atoms with Gasteiger partial charge in [0.25, 0.3) is 0 Å². The number of amides is 3. The summed E-state index contributed by atoms with van der Waals surface area (Å²) in [5.41, 5.74) is -0.337. The van der Waals surface area contributed by atoms with Gasteiger partial charge >= 0.3 is 18.6 Å². The van der Waals surface area contributed by atoms with E-state index in [4.69, 9.17) is 5.11 Å². The lowest BCUT2D eigenvalue weighted by molar-refractivity contribution is -0.120. The molecule has 1 aliphatic heterocycles. The van der Waals surface area contributed by atoms with Crippen LogP contribution in [0.2, 0.25) is 0 Å². The number of carbonyl (C=O) groups excluding carboxylic acids is 2. The molecule has 0 spiro atoms. The molecule has 0 aromatic heterocycles. The minimum Gasteiger partial charge on any atom is -0.478 e. The summed E-state index contributed by atoms with van der Waals surface area (Å²) < 4.78 is 28.5. The van der Waals surface area contributed by atoms with Gasteiger partial charge in [0.15, 0.2) is 0 Å². The van der Waals surface area contributed by atoms with E-state index in [9.17, 15) is 23.2 Å². The summed E-state index contributed by atoms with van der Waals surface area (Å²) in [6.45, 7) is -3.09. The topological polar surface area (TPSA) is 95.9 Å². The number of carboxylic acid groups (broad SMARTS) is 1. The molecule has 1 fully saturated rings. The van der Waals surface area contributed by atoms with E-state index in [0.717, 1.165) is 17.0 Å². The van der Waals surface area contributed by atoms with Gasteiger partial charge in [-0.1, -0.05) is 0 Å². The molecule has 9 heteroatoms. The Balaban J connectivity index is 2.33.